The number of hydrogen-bond acceptors (Lipinski definition) is 5. The average Bonchev–Trinajstić information content (AvgIpc) is 2.63. The lowest BCUT2D eigenvalue weighted by Crippen LogP contribution is -2.26. The maximum atomic E-state index is 12.5. The van der Waals surface area contributed by atoms with Crippen LogP contribution < -0.4 is 10.0 Å². The van der Waals surface area contributed by atoms with Crippen molar-refractivity contribution >= 4 is 15.7 Å². The summed E-state index contributed by atoms with van der Waals surface area (Å²) in [5.74, 6) is 0. The fourth-order valence-electron chi connectivity index (χ4n) is 2.09. The number of sulfonamides is 1. The van der Waals surface area contributed by atoms with Gasteiger partial charge in [-0.25, -0.2) is 13.1 Å². The van der Waals surface area contributed by atoms with Crippen molar-refractivity contribution in [1.29, 1.82) is 10.5 Å². The predicted molar refractivity (Wildman–Crippen MR) is 94.6 cm³/mol. The van der Waals surface area contributed by atoms with E-state index in [9.17, 15) is 8.42 Å². The van der Waals surface area contributed by atoms with Gasteiger partial charge < -0.3 is 5.32 Å². The van der Waals surface area contributed by atoms with Crippen molar-refractivity contribution in [2.45, 2.75) is 17.9 Å². The number of nitriles is 2. The molecule has 0 spiro atoms. The molecule has 6 nitrogen and oxygen atoms in total. The largest absolute Gasteiger partial charge is 0.360 e. The van der Waals surface area contributed by atoms with E-state index >= 15 is 0 Å². The first-order chi connectivity index (χ1) is 12.0. The highest BCUT2D eigenvalue weighted by Gasteiger charge is 2.18. The Morgan fingerprint density at radius 3 is 2.20 bits per heavy atom. The van der Waals surface area contributed by atoms with Gasteiger partial charge >= 0.3 is 0 Å². The molecule has 1 atom stereocenters. The Balaban J connectivity index is 2.12. The molecule has 0 amide bonds. The van der Waals surface area contributed by atoms with Gasteiger partial charge in [-0.3, -0.25) is 0 Å². The zero-order chi connectivity index (χ0) is 18.3. The quantitative estimate of drug-likeness (QED) is 0.777. The molecular weight excluding hydrogens is 336 g/mol. The highest BCUT2D eigenvalue weighted by atomic mass is 32.2. The molecule has 0 saturated carbocycles. The monoisotopic (exact) mass is 352 g/mol. The Hall–Kier alpha value is -3.13. The van der Waals surface area contributed by atoms with Gasteiger partial charge in [0, 0.05) is 17.9 Å². The minimum atomic E-state index is -3.66. The third-order valence-electron chi connectivity index (χ3n) is 3.42. The molecule has 2 aromatic carbocycles. The normalized spacial score (nSPS) is 11.6. The van der Waals surface area contributed by atoms with Crippen molar-refractivity contribution in [2.75, 3.05) is 5.32 Å². The van der Waals surface area contributed by atoms with Crippen molar-refractivity contribution in [1.82, 2.24) is 4.72 Å². The summed E-state index contributed by atoms with van der Waals surface area (Å²) < 4.78 is 27.5. The van der Waals surface area contributed by atoms with E-state index in [0.717, 1.165) is 5.56 Å². The molecule has 2 N–H and O–H groups in total. The van der Waals surface area contributed by atoms with Gasteiger partial charge in [0.05, 0.1) is 4.90 Å². The standard InChI is InChI=1S/C18H16N4O2S/c1-14(16-5-3-2-4-6-16)22-25(23,24)18-9-7-17(8-10-18)21-13-15(11-19)12-20/h2-10,13-14,21-22H,1H3. The predicted octanol–water partition coefficient (Wildman–Crippen LogP) is 3.07. The van der Waals surface area contributed by atoms with Gasteiger partial charge in [-0.2, -0.15) is 10.5 Å². The minimum Gasteiger partial charge on any atom is -0.360 e. The van der Waals surface area contributed by atoms with E-state index in [1.54, 1.807) is 31.2 Å². The number of anilines is 1. The molecule has 0 saturated heterocycles. The third kappa shape index (κ3) is 4.92. The van der Waals surface area contributed by atoms with Crippen LogP contribution in [0.1, 0.15) is 18.5 Å². The maximum absolute atomic E-state index is 12.5. The zero-order valence-corrected chi connectivity index (χ0v) is 14.3. The van der Waals surface area contributed by atoms with Crippen LogP contribution in [0.5, 0.6) is 0 Å². The summed E-state index contributed by atoms with van der Waals surface area (Å²) >= 11 is 0. The van der Waals surface area contributed by atoms with Gasteiger partial charge in [-0.15, -0.1) is 0 Å². The van der Waals surface area contributed by atoms with Crippen LogP contribution in [-0.2, 0) is 10.0 Å². The van der Waals surface area contributed by atoms with Gasteiger partial charge in [0.1, 0.15) is 17.7 Å². The Labute approximate surface area is 147 Å². The number of nitrogens with one attached hydrogen (secondary N) is 2. The van der Waals surface area contributed by atoms with E-state index in [1.165, 1.54) is 18.3 Å². The van der Waals surface area contributed by atoms with Crippen LogP contribution in [0.2, 0.25) is 0 Å². The topological polar surface area (TPSA) is 106 Å². The molecule has 0 fully saturated rings. The average molecular weight is 352 g/mol. The number of allylic oxidation sites excluding steroid dienone is 1. The van der Waals surface area contributed by atoms with Crippen LogP contribution in [-0.4, -0.2) is 8.42 Å². The summed E-state index contributed by atoms with van der Waals surface area (Å²) in [6.45, 7) is 1.78. The summed E-state index contributed by atoms with van der Waals surface area (Å²) in [5, 5.41) is 20.1. The smallest absolute Gasteiger partial charge is 0.241 e. The van der Waals surface area contributed by atoms with Crippen molar-refractivity contribution < 1.29 is 8.42 Å². The van der Waals surface area contributed by atoms with Crippen molar-refractivity contribution in [3.05, 3.63) is 71.9 Å². The van der Waals surface area contributed by atoms with E-state index in [0.29, 0.717) is 5.69 Å². The van der Waals surface area contributed by atoms with Crippen molar-refractivity contribution in [2.24, 2.45) is 0 Å². The molecule has 0 heterocycles. The maximum Gasteiger partial charge on any atom is 0.241 e. The molecule has 126 valence electrons. The zero-order valence-electron chi connectivity index (χ0n) is 13.5. The second-order valence-corrected chi connectivity index (χ2v) is 6.92. The molecule has 0 aliphatic carbocycles. The summed E-state index contributed by atoms with van der Waals surface area (Å²) in [5.41, 5.74) is 1.36. The summed E-state index contributed by atoms with van der Waals surface area (Å²) in [6, 6.07) is 18.4. The lowest BCUT2D eigenvalue weighted by atomic mass is 10.1. The highest BCUT2D eigenvalue weighted by Crippen LogP contribution is 2.18. The molecule has 7 heteroatoms. The van der Waals surface area contributed by atoms with E-state index in [2.05, 4.69) is 10.0 Å². The van der Waals surface area contributed by atoms with Crippen LogP contribution in [0.25, 0.3) is 0 Å². The van der Waals surface area contributed by atoms with Crippen LogP contribution >= 0.6 is 0 Å². The van der Waals surface area contributed by atoms with Gasteiger partial charge in [-0.1, -0.05) is 30.3 Å². The molecule has 2 aromatic rings. The second-order valence-electron chi connectivity index (χ2n) is 5.20. The lowest BCUT2D eigenvalue weighted by Gasteiger charge is -2.15. The Morgan fingerprint density at radius 1 is 1.04 bits per heavy atom. The minimum absolute atomic E-state index is 0.0740. The number of benzene rings is 2. The van der Waals surface area contributed by atoms with E-state index < -0.39 is 10.0 Å². The third-order valence-corrected chi connectivity index (χ3v) is 4.98. The first-order valence-corrected chi connectivity index (χ1v) is 8.89. The van der Waals surface area contributed by atoms with Crippen LogP contribution in [0, 0.1) is 22.7 Å². The van der Waals surface area contributed by atoms with Gasteiger partial charge in [0.25, 0.3) is 0 Å². The van der Waals surface area contributed by atoms with Crippen LogP contribution in [0.3, 0.4) is 0 Å². The Morgan fingerprint density at radius 2 is 1.64 bits per heavy atom. The second kappa shape index (κ2) is 8.11. The number of rotatable bonds is 6. The first kappa shape index (κ1) is 18.2. The Bertz CT molecular complexity index is 921. The van der Waals surface area contributed by atoms with E-state index in [1.807, 2.05) is 30.3 Å². The molecule has 0 aliphatic heterocycles. The molecule has 0 radical (unpaired) electrons. The SMILES string of the molecule is CC(NS(=O)(=O)c1ccc(NC=C(C#N)C#N)cc1)c1ccccc1. The van der Waals surface area contributed by atoms with E-state index in [4.69, 9.17) is 10.5 Å². The van der Waals surface area contributed by atoms with Crippen LogP contribution in [0.15, 0.2) is 71.3 Å². The molecule has 25 heavy (non-hydrogen) atoms. The number of nitrogens with zero attached hydrogens (tertiary/aromatic N) is 2. The summed E-state index contributed by atoms with van der Waals surface area (Å²) in [7, 11) is -3.66. The summed E-state index contributed by atoms with van der Waals surface area (Å²) in [6.07, 6.45) is 1.26. The van der Waals surface area contributed by atoms with Gasteiger partial charge in [-0.05, 0) is 36.8 Å². The fourth-order valence-corrected chi connectivity index (χ4v) is 3.32. The molecule has 1 unspecified atom stereocenters. The van der Waals surface area contributed by atoms with E-state index in [-0.39, 0.29) is 16.5 Å². The number of hydrogen-bond donors (Lipinski definition) is 2. The van der Waals surface area contributed by atoms with Crippen molar-refractivity contribution in [3.8, 4) is 12.1 Å². The highest BCUT2D eigenvalue weighted by molar-refractivity contribution is 7.89. The van der Waals surface area contributed by atoms with Gasteiger partial charge in [0.15, 0.2) is 0 Å². The Kier molecular flexibility index (Phi) is 5.91. The summed E-state index contributed by atoms with van der Waals surface area (Å²) in [4.78, 5) is 0.130. The molecule has 0 aliphatic rings. The molecule has 0 bridgehead atoms. The van der Waals surface area contributed by atoms with Crippen LogP contribution in [0.4, 0.5) is 5.69 Å². The molecule has 2 rings (SSSR count). The lowest BCUT2D eigenvalue weighted by molar-refractivity contribution is 0.567. The molecular formula is C18H16N4O2S. The first-order valence-electron chi connectivity index (χ1n) is 7.40. The fraction of sp³-hybridized carbons (Fsp3) is 0.111. The van der Waals surface area contributed by atoms with Crippen molar-refractivity contribution in [3.63, 3.8) is 0 Å². The molecule has 0 aromatic heterocycles. The van der Waals surface area contributed by atoms with Gasteiger partial charge in [0.2, 0.25) is 10.0 Å².